The van der Waals surface area contributed by atoms with Crippen molar-refractivity contribution in [1.82, 2.24) is 10.6 Å². The summed E-state index contributed by atoms with van der Waals surface area (Å²) >= 11 is 0. The van der Waals surface area contributed by atoms with Crippen molar-refractivity contribution in [3.05, 3.63) is 119 Å². The summed E-state index contributed by atoms with van der Waals surface area (Å²) in [5, 5.41) is 43.8. The van der Waals surface area contributed by atoms with Gasteiger partial charge in [-0.2, -0.15) is 0 Å². The summed E-state index contributed by atoms with van der Waals surface area (Å²) in [6, 6.07) is 25.2. The van der Waals surface area contributed by atoms with Gasteiger partial charge < -0.3 is 50.0 Å². The number of rotatable bonds is 4. The highest BCUT2D eigenvalue weighted by Crippen LogP contribution is 2.26. The molecule has 268 valence electrons. The molecule has 12 heteroatoms. The second-order valence-electron chi connectivity index (χ2n) is 10.7. The lowest BCUT2D eigenvalue weighted by Gasteiger charge is -2.10. The van der Waals surface area contributed by atoms with Crippen LogP contribution in [-0.4, -0.2) is 111 Å². The molecule has 0 spiro atoms. The van der Waals surface area contributed by atoms with Crippen LogP contribution in [0.2, 0.25) is 0 Å². The van der Waals surface area contributed by atoms with E-state index in [4.69, 9.17) is 29.2 Å². The molecule has 5 rings (SSSR count). The zero-order valence-electron chi connectivity index (χ0n) is 28.0. The molecule has 12 nitrogen and oxygen atoms in total. The highest BCUT2D eigenvalue weighted by Gasteiger charge is 2.14. The number of aromatic hydroxyl groups is 4. The van der Waals surface area contributed by atoms with Gasteiger partial charge in [-0.15, -0.1) is 0 Å². The van der Waals surface area contributed by atoms with Gasteiger partial charge in [-0.05, 0) is 24.3 Å². The van der Waals surface area contributed by atoms with E-state index >= 15 is 0 Å². The number of hydrogen-bond acceptors (Lipinski definition) is 12. The van der Waals surface area contributed by atoms with Crippen LogP contribution in [0.5, 0.6) is 23.0 Å². The van der Waals surface area contributed by atoms with Gasteiger partial charge in [0.05, 0.1) is 64.0 Å². The number of hydrogen-bond donors (Lipinski definition) is 6. The van der Waals surface area contributed by atoms with Gasteiger partial charge in [-0.25, -0.2) is 0 Å². The van der Waals surface area contributed by atoms with E-state index in [0.29, 0.717) is 64.0 Å². The Morgan fingerprint density at radius 3 is 1.06 bits per heavy atom. The molecule has 0 atom stereocenters. The van der Waals surface area contributed by atoms with E-state index in [-0.39, 0.29) is 45.7 Å². The number of ether oxygens (including phenoxy) is 4. The van der Waals surface area contributed by atoms with Crippen molar-refractivity contribution in [3.63, 3.8) is 0 Å². The molecule has 1 fully saturated rings. The predicted molar refractivity (Wildman–Crippen MR) is 188 cm³/mol. The van der Waals surface area contributed by atoms with E-state index in [2.05, 4.69) is 10.6 Å². The van der Waals surface area contributed by atoms with Gasteiger partial charge in [0.1, 0.15) is 23.0 Å². The number of ketones is 2. The Labute approximate surface area is 292 Å². The highest BCUT2D eigenvalue weighted by atomic mass is 16.5. The number of phenols is 4. The molecular weight excluding hydrogens is 644 g/mol. The molecule has 0 aliphatic carbocycles. The first-order valence-electron chi connectivity index (χ1n) is 16.3. The van der Waals surface area contributed by atoms with Crippen molar-refractivity contribution in [2.24, 2.45) is 0 Å². The van der Waals surface area contributed by atoms with Crippen LogP contribution in [0.1, 0.15) is 31.8 Å². The predicted octanol–water partition coefficient (Wildman–Crippen LogP) is 3.90. The molecule has 50 heavy (non-hydrogen) atoms. The molecule has 0 amide bonds. The molecule has 0 aromatic heterocycles. The van der Waals surface area contributed by atoms with Crippen molar-refractivity contribution in [2.45, 2.75) is 0 Å². The Morgan fingerprint density at radius 1 is 0.440 bits per heavy atom. The average Bonchev–Trinajstić information content (AvgIpc) is 3.12. The molecule has 6 N–H and O–H groups in total. The molecule has 4 aromatic carbocycles. The van der Waals surface area contributed by atoms with Crippen LogP contribution in [0.25, 0.3) is 0 Å². The van der Waals surface area contributed by atoms with Gasteiger partial charge in [0.2, 0.25) is 0 Å². The maximum absolute atomic E-state index is 11.9. The molecule has 0 radical (unpaired) electrons. The quantitative estimate of drug-likeness (QED) is 0.171. The lowest BCUT2D eigenvalue weighted by molar-refractivity contribution is 0.0383. The number of carbonyl (C=O) groups is 2. The van der Waals surface area contributed by atoms with Gasteiger partial charge in [0.25, 0.3) is 0 Å². The summed E-state index contributed by atoms with van der Waals surface area (Å²) < 4.78 is 21.6. The Bertz CT molecular complexity index is 1380. The van der Waals surface area contributed by atoms with Crippen LogP contribution in [0.15, 0.2) is 97.1 Å². The molecule has 1 heterocycles. The van der Waals surface area contributed by atoms with Gasteiger partial charge in [-0.3, -0.25) is 9.59 Å². The maximum Gasteiger partial charge on any atom is 0.196 e. The third kappa shape index (κ3) is 15.2. The third-order valence-electron chi connectivity index (χ3n) is 6.96. The van der Waals surface area contributed by atoms with Crippen LogP contribution in [0.3, 0.4) is 0 Å². The lowest BCUT2D eigenvalue weighted by Crippen LogP contribution is -2.27. The zero-order chi connectivity index (χ0) is 35.8. The van der Waals surface area contributed by atoms with Crippen molar-refractivity contribution in [2.75, 3.05) is 79.0 Å². The summed E-state index contributed by atoms with van der Waals surface area (Å²) in [5.74, 6) is -1.09. The number of benzene rings is 4. The molecule has 1 aliphatic rings. The standard InChI is InChI=1S/2C13H10O3.C12H26N2O4/c2*14-10-6-7-11(12(15)8-10)13(16)9-4-2-1-3-5-9;1-5-15-9-10-17-7-3-14-4-8-18-12-11-16-6-2-13-1/h2*1-8,14-15H;13-14H,1-12H2. The Balaban J connectivity index is 0.000000203. The summed E-state index contributed by atoms with van der Waals surface area (Å²) in [6.45, 7) is 8.86. The SMILES string of the molecule is C1COCCOCCNCCOCCOCCN1.O=C(c1ccccc1)c1ccc(O)cc1O.O=C(c1ccccc1)c1ccc(O)cc1O. The number of carbonyl (C=O) groups excluding carboxylic acids is 2. The van der Waals surface area contributed by atoms with Crippen LogP contribution >= 0.6 is 0 Å². The average molecular weight is 691 g/mol. The first-order chi connectivity index (χ1) is 24.4. The third-order valence-corrected chi connectivity index (χ3v) is 6.96. The van der Waals surface area contributed by atoms with E-state index in [0.717, 1.165) is 38.3 Å². The molecule has 1 aliphatic heterocycles. The van der Waals surface area contributed by atoms with Crippen molar-refractivity contribution in [1.29, 1.82) is 0 Å². The fraction of sp³-hybridized carbons (Fsp3) is 0.316. The zero-order valence-corrected chi connectivity index (χ0v) is 28.0. The highest BCUT2D eigenvalue weighted by molar-refractivity contribution is 6.11. The normalized spacial score (nSPS) is 15.0. The Morgan fingerprint density at radius 2 is 0.760 bits per heavy atom. The number of phenolic OH excluding ortho intramolecular Hbond substituents is 4. The minimum absolute atomic E-state index is 0.0675. The van der Waals surface area contributed by atoms with E-state index in [1.165, 1.54) is 24.3 Å². The Hall–Kier alpha value is -4.82. The fourth-order valence-electron chi connectivity index (χ4n) is 4.39. The largest absolute Gasteiger partial charge is 0.508 e. The molecule has 0 bridgehead atoms. The molecule has 0 unspecified atom stereocenters. The summed E-state index contributed by atoms with van der Waals surface area (Å²) in [5.41, 5.74) is 1.37. The summed E-state index contributed by atoms with van der Waals surface area (Å²) in [4.78, 5) is 23.9. The maximum atomic E-state index is 11.9. The topological polar surface area (TPSA) is 176 Å². The van der Waals surface area contributed by atoms with E-state index in [9.17, 15) is 19.8 Å². The van der Waals surface area contributed by atoms with E-state index in [1.54, 1.807) is 48.5 Å². The van der Waals surface area contributed by atoms with E-state index < -0.39 is 0 Å². The second-order valence-corrected chi connectivity index (χ2v) is 10.7. The van der Waals surface area contributed by atoms with Crippen molar-refractivity contribution < 1.29 is 49.0 Å². The van der Waals surface area contributed by atoms with E-state index in [1.807, 2.05) is 12.1 Å². The van der Waals surface area contributed by atoms with Gasteiger partial charge in [-0.1, -0.05) is 60.7 Å². The second kappa shape index (κ2) is 23.5. The molecule has 0 saturated carbocycles. The first kappa shape index (κ1) is 39.6. The van der Waals surface area contributed by atoms with Crippen LogP contribution in [0, 0.1) is 0 Å². The molecule has 1 saturated heterocycles. The lowest BCUT2D eigenvalue weighted by atomic mass is 10.0. The van der Waals surface area contributed by atoms with Gasteiger partial charge >= 0.3 is 0 Å². The smallest absolute Gasteiger partial charge is 0.196 e. The van der Waals surface area contributed by atoms with Crippen molar-refractivity contribution in [3.8, 4) is 23.0 Å². The number of nitrogens with one attached hydrogen (secondary N) is 2. The minimum Gasteiger partial charge on any atom is -0.508 e. The summed E-state index contributed by atoms with van der Waals surface area (Å²) in [7, 11) is 0. The minimum atomic E-state index is -0.266. The molecule has 4 aromatic rings. The fourth-order valence-corrected chi connectivity index (χ4v) is 4.39. The first-order valence-corrected chi connectivity index (χ1v) is 16.3. The van der Waals surface area contributed by atoms with Crippen LogP contribution in [0.4, 0.5) is 0 Å². The summed E-state index contributed by atoms with van der Waals surface area (Å²) in [6.07, 6.45) is 0. The van der Waals surface area contributed by atoms with Crippen LogP contribution in [-0.2, 0) is 18.9 Å². The van der Waals surface area contributed by atoms with Crippen molar-refractivity contribution >= 4 is 11.6 Å². The monoisotopic (exact) mass is 690 g/mol. The van der Waals surface area contributed by atoms with Crippen LogP contribution < -0.4 is 10.6 Å². The Kier molecular flexibility index (Phi) is 18.6. The van der Waals surface area contributed by atoms with Gasteiger partial charge in [0, 0.05) is 49.4 Å². The van der Waals surface area contributed by atoms with Gasteiger partial charge in [0.15, 0.2) is 11.6 Å². The molecular formula is C38H46N2O10.